The van der Waals surface area contributed by atoms with Crippen LogP contribution < -0.4 is 5.32 Å². The van der Waals surface area contributed by atoms with Gasteiger partial charge in [0, 0.05) is 15.4 Å². The predicted octanol–water partition coefficient (Wildman–Crippen LogP) is 4.50. The molecule has 1 fully saturated rings. The van der Waals surface area contributed by atoms with E-state index in [1.54, 1.807) is 0 Å². The van der Waals surface area contributed by atoms with E-state index in [9.17, 15) is 4.21 Å². The fraction of sp³-hybridized carbons (Fsp3) is 0.647. The Hall–Kier alpha value is -0.190. The molecule has 0 radical (unpaired) electrons. The van der Waals surface area contributed by atoms with E-state index in [1.165, 1.54) is 19.3 Å². The van der Waals surface area contributed by atoms with Gasteiger partial charge < -0.3 is 5.32 Å². The van der Waals surface area contributed by atoms with E-state index in [0.717, 1.165) is 34.7 Å². The van der Waals surface area contributed by atoms with Crippen LogP contribution in [0.2, 0.25) is 0 Å². The zero-order chi connectivity index (χ0) is 15.2. The second-order valence-electron chi connectivity index (χ2n) is 5.93. The molecular formula is C17H26BrNOS. The van der Waals surface area contributed by atoms with Gasteiger partial charge in [-0.05, 0) is 49.9 Å². The van der Waals surface area contributed by atoms with Crippen LogP contribution in [0.5, 0.6) is 0 Å². The summed E-state index contributed by atoms with van der Waals surface area (Å²) in [6.45, 7) is 5.34. The van der Waals surface area contributed by atoms with Crippen molar-refractivity contribution in [3.63, 3.8) is 0 Å². The van der Waals surface area contributed by atoms with Gasteiger partial charge in [-0.2, -0.15) is 0 Å². The van der Waals surface area contributed by atoms with Crippen molar-refractivity contribution in [1.29, 1.82) is 0 Å². The normalized spacial score (nSPS) is 27.5. The van der Waals surface area contributed by atoms with Crippen LogP contribution >= 0.6 is 15.9 Å². The Morgan fingerprint density at radius 2 is 2.14 bits per heavy atom. The quantitative estimate of drug-likeness (QED) is 0.796. The average Bonchev–Trinajstić information content (AvgIpc) is 2.48. The molecule has 4 atom stereocenters. The van der Waals surface area contributed by atoms with E-state index in [1.807, 2.05) is 24.3 Å². The second kappa shape index (κ2) is 8.44. The van der Waals surface area contributed by atoms with Crippen molar-refractivity contribution in [2.45, 2.75) is 62.1 Å². The van der Waals surface area contributed by atoms with Crippen molar-refractivity contribution in [3.05, 3.63) is 28.7 Å². The molecule has 118 valence electrons. The van der Waals surface area contributed by atoms with Crippen LogP contribution in [0.4, 0.5) is 0 Å². The molecule has 0 aliphatic heterocycles. The Morgan fingerprint density at radius 1 is 1.33 bits per heavy atom. The lowest BCUT2D eigenvalue weighted by atomic mass is 9.83. The summed E-state index contributed by atoms with van der Waals surface area (Å²) in [7, 11) is -0.928. The molecule has 1 N–H and O–H groups in total. The van der Waals surface area contributed by atoms with Crippen LogP contribution in [0.3, 0.4) is 0 Å². The van der Waals surface area contributed by atoms with E-state index in [2.05, 4.69) is 35.1 Å². The maximum absolute atomic E-state index is 13.0. The van der Waals surface area contributed by atoms with Gasteiger partial charge in [0.2, 0.25) is 0 Å². The van der Waals surface area contributed by atoms with Crippen LogP contribution in [-0.2, 0) is 10.8 Å². The Morgan fingerprint density at radius 3 is 2.81 bits per heavy atom. The standard InChI is InChI=1S/C17H26BrNOS/c1-3-6-13-9-10-16(19-4-2)17(11-13)21(20)15-8-5-7-14(18)12-15/h5,7-8,12-13,16-17,19H,3-4,6,9-11H2,1-2H3. The molecule has 0 bridgehead atoms. The van der Waals surface area contributed by atoms with Crippen LogP contribution in [0.15, 0.2) is 33.6 Å². The van der Waals surface area contributed by atoms with Crippen LogP contribution in [0.1, 0.15) is 46.0 Å². The summed E-state index contributed by atoms with van der Waals surface area (Å²) in [5.74, 6) is 0.742. The number of hydrogen-bond acceptors (Lipinski definition) is 2. The summed E-state index contributed by atoms with van der Waals surface area (Å²) < 4.78 is 14.0. The van der Waals surface area contributed by atoms with Crippen molar-refractivity contribution in [2.24, 2.45) is 5.92 Å². The molecule has 2 rings (SSSR count). The highest BCUT2D eigenvalue weighted by Crippen LogP contribution is 2.33. The van der Waals surface area contributed by atoms with Gasteiger partial charge in [-0.3, -0.25) is 4.21 Å². The molecule has 0 aromatic heterocycles. The lowest BCUT2D eigenvalue weighted by Gasteiger charge is -2.36. The highest BCUT2D eigenvalue weighted by atomic mass is 79.9. The molecule has 0 saturated heterocycles. The summed E-state index contributed by atoms with van der Waals surface area (Å²) in [6.07, 6.45) is 6.02. The lowest BCUT2D eigenvalue weighted by molar-refractivity contribution is 0.286. The Kier molecular flexibility index (Phi) is 6.90. The third-order valence-electron chi connectivity index (χ3n) is 4.37. The molecule has 2 nitrogen and oxygen atoms in total. The van der Waals surface area contributed by atoms with E-state index < -0.39 is 10.8 Å². The number of hydrogen-bond donors (Lipinski definition) is 1. The number of halogens is 1. The van der Waals surface area contributed by atoms with Gasteiger partial charge in [0.1, 0.15) is 0 Å². The fourth-order valence-electron chi connectivity index (χ4n) is 3.38. The average molecular weight is 372 g/mol. The summed E-state index contributed by atoms with van der Waals surface area (Å²) in [4.78, 5) is 0.953. The summed E-state index contributed by atoms with van der Waals surface area (Å²) >= 11 is 3.49. The van der Waals surface area contributed by atoms with Crippen molar-refractivity contribution >= 4 is 26.7 Å². The van der Waals surface area contributed by atoms with Crippen LogP contribution in [0, 0.1) is 5.92 Å². The topological polar surface area (TPSA) is 29.1 Å². The van der Waals surface area contributed by atoms with Gasteiger partial charge in [0.25, 0.3) is 0 Å². The first kappa shape index (κ1) is 17.2. The molecule has 4 heteroatoms. The lowest BCUT2D eigenvalue weighted by Crippen LogP contribution is -2.46. The summed E-state index contributed by atoms with van der Waals surface area (Å²) in [6, 6.07) is 8.35. The van der Waals surface area contributed by atoms with Crippen molar-refractivity contribution in [3.8, 4) is 0 Å². The molecule has 1 aromatic carbocycles. The largest absolute Gasteiger partial charge is 0.313 e. The molecule has 1 aliphatic rings. The SMILES string of the molecule is CCCC1CCC(NCC)C(S(=O)c2cccc(Br)c2)C1. The third kappa shape index (κ3) is 4.64. The minimum absolute atomic E-state index is 0.240. The first-order valence-electron chi connectivity index (χ1n) is 8.05. The van der Waals surface area contributed by atoms with E-state index in [-0.39, 0.29) is 5.25 Å². The fourth-order valence-corrected chi connectivity index (χ4v) is 5.72. The van der Waals surface area contributed by atoms with Gasteiger partial charge in [-0.1, -0.05) is 48.7 Å². The first-order valence-corrected chi connectivity index (χ1v) is 10.1. The highest BCUT2D eigenvalue weighted by molar-refractivity contribution is 9.10. The molecule has 1 aromatic rings. The Labute approximate surface area is 139 Å². The van der Waals surface area contributed by atoms with Gasteiger partial charge in [-0.15, -0.1) is 0 Å². The second-order valence-corrected chi connectivity index (χ2v) is 8.51. The molecule has 4 unspecified atom stereocenters. The molecule has 0 spiro atoms. The zero-order valence-corrected chi connectivity index (χ0v) is 15.4. The van der Waals surface area contributed by atoms with Gasteiger partial charge >= 0.3 is 0 Å². The summed E-state index contributed by atoms with van der Waals surface area (Å²) in [5, 5.41) is 3.80. The van der Waals surface area contributed by atoms with Crippen LogP contribution in [-0.4, -0.2) is 22.0 Å². The molecule has 0 amide bonds. The first-order chi connectivity index (χ1) is 10.2. The molecule has 1 aliphatic carbocycles. The van der Waals surface area contributed by atoms with Crippen molar-refractivity contribution in [2.75, 3.05) is 6.54 Å². The minimum Gasteiger partial charge on any atom is -0.313 e. The molecule has 1 saturated carbocycles. The molecule has 0 heterocycles. The van der Waals surface area contributed by atoms with Gasteiger partial charge in [0.15, 0.2) is 0 Å². The maximum Gasteiger partial charge on any atom is 0.0577 e. The van der Waals surface area contributed by atoms with Crippen LogP contribution in [0.25, 0.3) is 0 Å². The monoisotopic (exact) mass is 371 g/mol. The third-order valence-corrected chi connectivity index (χ3v) is 6.65. The van der Waals surface area contributed by atoms with Crippen molar-refractivity contribution < 1.29 is 4.21 Å². The number of nitrogens with one attached hydrogen (secondary N) is 1. The number of rotatable bonds is 6. The number of benzene rings is 1. The summed E-state index contributed by atoms with van der Waals surface area (Å²) in [5.41, 5.74) is 0. The maximum atomic E-state index is 13.0. The van der Waals surface area contributed by atoms with Gasteiger partial charge in [-0.25, -0.2) is 0 Å². The predicted molar refractivity (Wildman–Crippen MR) is 94.1 cm³/mol. The molecular weight excluding hydrogens is 346 g/mol. The molecule has 21 heavy (non-hydrogen) atoms. The van der Waals surface area contributed by atoms with Gasteiger partial charge in [0.05, 0.1) is 16.0 Å². The Balaban J connectivity index is 2.16. The van der Waals surface area contributed by atoms with E-state index >= 15 is 0 Å². The smallest absolute Gasteiger partial charge is 0.0577 e. The Bertz CT molecular complexity index is 480. The van der Waals surface area contributed by atoms with E-state index in [4.69, 9.17) is 0 Å². The highest BCUT2D eigenvalue weighted by Gasteiger charge is 2.34. The van der Waals surface area contributed by atoms with E-state index in [0.29, 0.717) is 6.04 Å². The minimum atomic E-state index is -0.928. The van der Waals surface area contributed by atoms with Crippen molar-refractivity contribution in [1.82, 2.24) is 5.32 Å². The zero-order valence-electron chi connectivity index (χ0n) is 13.0.